The third-order valence-electron chi connectivity index (χ3n) is 3.96. The summed E-state index contributed by atoms with van der Waals surface area (Å²) in [5.74, 6) is 1.46. The fourth-order valence-corrected chi connectivity index (χ4v) is 2.97. The molecule has 0 saturated heterocycles. The van der Waals surface area contributed by atoms with E-state index in [0.29, 0.717) is 5.92 Å². The number of ether oxygens (including phenoxy) is 1. The van der Waals surface area contributed by atoms with Gasteiger partial charge in [-0.2, -0.15) is 0 Å². The van der Waals surface area contributed by atoms with Gasteiger partial charge in [-0.3, -0.25) is 0 Å². The van der Waals surface area contributed by atoms with Crippen molar-refractivity contribution in [3.63, 3.8) is 0 Å². The Morgan fingerprint density at radius 2 is 1.78 bits per heavy atom. The molecule has 1 heteroatoms. The molecule has 1 aliphatic rings. The Morgan fingerprint density at radius 1 is 1.11 bits per heavy atom. The van der Waals surface area contributed by atoms with Gasteiger partial charge in [-0.25, -0.2) is 0 Å². The Balaban J connectivity index is 1.93. The van der Waals surface area contributed by atoms with E-state index in [0.717, 1.165) is 50.9 Å². The average molecular weight is 247 g/mol. The second kappa shape index (κ2) is 6.82. The van der Waals surface area contributed by atoms with E-state index in [1.807, 2.05) is 6.92 Å². The quantitative estimate of drug-likeness (QED) is 0.698. The van der Waals surface area contributed by atoms with Crippen molar-refractivity contribution in [2.45, 2.75) is 58.3 Å². The Hall–Kier alpha value is -0.980. The van der Waals surface area contributed by atoms with E-state index in [1.165, 1.54) is 5.56 Å². The smallest absolute Gasteiger partial charge is 0.119 e. The van der Waals surface area contributed by atoms with Crippen LogP contribution in [0.4, 0.5) is 0 Å². The summed E-state index contributed by atoms with van der Waals surface area (Å²) in [5.41, 5.74) is 1.42. The monoisotopic (exact) mass is 247 g/mol. The summed E-state index contributed by atoms with van der Waals surface area (Å²) in [6.07, 6.45) is 6.63. The van der Waals surface area contributed by atoms with Crippen molar-refractivity contribution in [3.8, 4) is 5.75 Å². The molecule has 1 fully saturated rings. The molecule has 0 amide bonds. The number of hydrogen-bond donors (Lipinski definition) is 0. The van der Waals surface area contributed by atoms with Gasteiger partial charge in [0.1, 0.15) is 5.75 Å². The molecular weight excluding hydrogens is 220 g/mol. The van der Waals surface area contributed by atoms with Crippen LogP contribution in [-0.2, 0) is 0 Å². The largest absolute Gasteiger partial charge is 0.494 e. The standard InChI is InChI=1S/C17H26O/c1-3-5-14-6-8-15(9-7-14)16-10-12-17(13-11-16)18-4-2/h10-15H,3-9H2,1-2H3/t14-,15-/i14D. The topological polar surface area (TPSA) is 9.23 Å². The van der Waals surface area contributed by atoms with E-state index in [4.69, 9.17) is 6.11 Å². The van der Waals surface area contributed by atoms with Crippen molar-refractivity contribution in [1.29, 1.82) is 0 Å². The van der Waals surface area contributed by atoms with Gasteiger partial charge < -0.3 is 4.74 Å². The first-order valence-corrected chi connectivity index (χ1v) is 7.39. The first-order valence-electron chi connectivity index (χ1n) is 7.89. The predicted molar refractivity (Wildman–Crippen MR) is 77.2 cm³/mol. The SMILES string of the molecule is [2H][C@]1(CCC)CC[C@H](c2ccc(OCC)cc2)CC1. The third kappa shape index (κ3) is 3.51. The molecule has 1 aromatic rings. The van der Waals surface area contributed by atoms with Gasteiger partial charge >= 0.3 is 0 Å². The molecule has 0 aromatic heterocycles. The van der Waals surface area contributed by atoms with Gasteiger partial charge in [0.25, 0.3) is 0 Å². The van der Waals surface area contributed by atoms with Crippen LogP contribution >= 0.6 is 0 Å². The molecule has 0 radical (unpaired) electrons. The number of benzene rings is 1. The fraction of sp³-hybridized carbons (Fsp3) is 0.647. The molecule has 18 heavy (non-hydrogen) atoms. The lowest BCUT2D eigenvalue weighted by molar-refractivity contribution is 0.308. The van der Waals surface area contributed by atoms with Gasteiger partial charge in [-0.1, -0.05) is 31.9 Å². The molecule has 100 valence electrons. The Labute approximate surface area is 113 Å². The van der Waals surface area contributed by atoms with E-state index in [1.54, 1.807) is 0 Å². The predicted octanol–water partition coefficient (Wildman–Crippen LogP) is 5.16. The maximum absolute atomic E-state index is 8.44. The molecule has 0 aliphatic heterocycles. The van der Waals surface area contributed by atoms with Crippen molar-refractivity contribution >= 4 is 0 Å². The third-order valence-corrected chi connectivity index (χ3v) is 3.96. The van der Waals surface area contributed by atoms with Gasteiger partial charge in [-0.05, 0) is 62.1 Å². The molecule has 0 N–H and O–H groups in total. The van der Waals surface area contributed by atoms with Gasteiger partial charge in [0.2, 0.25) is 0 Å². The first kappa shape index (κ1) is 12.1. The highest BCUT2D eigenvalue weighted by atomic mass is 16.5. The van der Waals surface area contributed by atoms with Crippen molar-refractivity contribution in [2.75, 3.05) is 6.61 Å². The normalized spacial score (nSPS) is 28.8. The van der Waals surface area contributed by atoms with Crippen LogP contribution in [0.3, 0.4) is 0 Å². The summed E-state index contributed by atoms with van der Waals surface area (Å²) in [4.78, 5) is 0. The lowest BCUT2D eigenvalue weighted by Crippen LogP contribution is -2.13. The maximum Gasteiger partial charge on any atom is 0.119 e. The Morgan fingerprint density at radius 3 is 2.33 bits per heavy atom. The summed E-state index contributed by atoms with van der Waals surface area (Å²) in [6, 6.07) is 8.56. The highest BCUT2D eigenvalue weighted by molar-refractivity contribution is 5.29. The van der Waals surface area contributed by atoms with Gasteiger partial charge in [0, 0.05) is 1.37 Å². The van der Waals surface area contributed by atoms with Crippen LogP contribution in [0.1, 0.15) is 65.2 Å². The molecule has 2 rings (SSSR count). The van der Waals surface area contributed by atoms with E-state index in [9.17, 15) is 0 Å². The second-order valence-corrected chi connectivity index (χ2v) is 5.28. The van der Waals surface area contributed by atoms with Gasteiger partial charge in [-0.15, -0.1) is 0 Å². The molecule has 0 spiro atoms. The van der Waals surface area contributed by atoms with Crippen LogP contribution < -0.4 is 4.74 Å². The lowest BCUT2D eigenvalue weighted by Gasteiger charge is -2.28. The highest BCUT2D eigenvalue weighted by Crippen LogP contribution is 2.37. The number of rotatable bonds is 5. The molecule has 0 unspecified atom stereocenters. The van der Waals surface area contributed by atoms with Crippen LogP contribution in [0.15, 0.2) is 24.3 Å². The zero-order valence-corrected chi connectivity index (χ0v) is 11.7. The van der Waals surface area contributed by atoms with E-state index < -0.39 is 0 Å². The van der Waals surface area contributed by atoms with Crippen molar-refractivity contribution in [3.05, 3.63) is 29.8 Å². The zero-order chi connectivity index (χ0) is 13.7. The van der Waals surface area contributed by atoms with E-state index in [-0.39, 0.29) is 5.89 Å². The molecule has 1 nitrogen and oxygen atoms in total. The summed E-state index contributed by atoms with van der Waals surface area (Å²) in [7, 11) is 0. The summed E-state index contributed by atoms with van der Waals surface area (Å²) >= 11 is 0. The summed E-state index contributed by atoms with van der Waals surface area (Å²) < 4.78 is 13.9. The van der Waals surface area contributed by atoms with E-state index in [2.05, 4.69) is 31.2 Å². The fourth-order valence-electron chi connectivity index (χ4n) is 2.97. The van der Waals surface area contributed by atoms with Gasteiger partial charge in [0.15, 0.2) is 0 Å². The molecule has 0 bridgehead atoms. The lowest BCUT2D eigenvalue weighted by atomic mass is 9.77. The van der Waals surface area contributed by atoms with Crippen molar-refractivity contribution in [1.82, 2.24) is 0 Å². The van der Waals surface area contributed by atoms with Crippen LogP contribution in [0, 0.1) is 5.89 Å². The van der Waals surface area contributed by atoms with Crippen LogP contribution in [0.5, 0.6) is 5.75 Å². The molecule has 1 aliphatic carbocycles. The Bertz CT molecular complexity index is 377. The summed E-state index contributed by atoms with van der Waals surface area (Å²) in [6.45, 7) is 4.92. The van der Waals surface area contributed by atoms with Gasteiger partial charge in [0.05, 0.1) is 6.61 Å². The first-order chi connectivity index (χ1) is 9.17. The number of hydrogen-bond acceptors (Lipinski definition) is 1. The zero-order valence-electron chi connectivity index (χ0n) is 12.7. The maximum atomic E-state index is 8.44. The van der Waals surface area contributed by atoms with Crippen LogP contribution in [-0.4, -0.2) is 6.61 Å². The van der Waals surface area contributed by atoms with Crippen molar-refractivity contribution < 1.29 is 6.11 Å². The summed E-state index contributed by atoms with van der Waals surface area (Å²) in [5, 5.41) is 0. The minimum Gasteiger partial charge on any atom is -0.494 e. The average Bonchev–Trinajstić information content (AvgIpc) is 2.41. The second-order valence-electron chi connectivity index (χ2n) is 5.28. The van der Waals surface area contributed by atoms with Crippen LogP contribution in [0.2, 0.25) is 0 Å². The molecule has 1 saturated carbocycles. The molecule has 0 atom stereocenters. The minimum absolute atomic E-state index is 0.142. The molecular formula is C17H26O. The highest BCUT2D eigenvalue weighted by Gasteiger charge is 2.21. The molecule has 1 aromatic carbocycles. The van der Waals surface area contributed by atoms with Crippen LogP contribution in [0.25, 0.3) is 0 Å². The Kier molecular flexibility index (Phi) is 4.57. The van der Waals surface area contributed by atoms with E-state index >= 15 is 0 Å². The minimum atomic E-state index is -0.142. The van der Waals surface area contributed by atoms with Crippen molar-refractivity contribution in [2.24, 2.45) is 5.89 Å². The molecule has 0 heterocycles.